The first-order valence-electron chi connectivity index (χ1n) is 11.0. The molecule has 1 aliphatic heterocycles. The van der Waals surface area contributed by atoms with Crippen LogP contribution in [0.25, 0.3) is 0 Å². The average molecular weight is 449 g/mol. The van der Waals surface area contributed by atoms with Gasteiger partial charge in [-0.2, -0.15) is 0 Å². The molecule has 166 valence electrons. The Bertz CT molecular complexity index is 1090. The van der Waals surface area contributed by atoms with E-state index in [0.29, 0.717) is 17.2 Å². The van der Waals surface area contributed by atoms with Gasteiger partial charge in [0.25, 0.3) is 5.91 Å². The van der Waals surface area contributed by atoms with Gasteiger partial charge in [-0.1, -0.05) is 48.0 Å². The first-order chi connectivity index (χ1) is 15.5. The number of carbonyl (C=O) groups excluding carboxylic acids is 1. The van der Waals surface area contributed by atoms with Crippen LogP contribution in [0.15, 0.2) is 66.7 Å². The number of carbonyl (C=O) groups is 1. The molecular weight excluding hydrogens is 420 g/mol. The van der Waals surface area contributed by atoms with E-state index in [9.17, 15) is 4.79 Å². The van der Waals surface area contributed by atoms with Gasteiger partial charge in [-0.15, -0.1) is 0 Å². The number of ether oxygens (including phenoxy) is 1. The van der Waals surface area contributed by atoms with E-state index in [-0.39, 0.29) is 5.91 Å². The molecule has 1 saturated heterocycles. The van der Waals surface area contributed by atoms with Gasteiger partial charge in [0.1, 0.15) is 12.4 Å². The van der Waals surface area contributed by atoms with E-state index in [1.807, 2.05) is 54.3 Å². The Balaban J connectivity index is 1.33. The average Bonchev–Trinajstić information content (AvgIpc) is 2.80. The van der Waals surface area contributed by atoms with E-state index in [1.165, 1.54) is 11.1 Å². The zero-order valence-electron chi connectivity index (χ0n) is 18.7. The minimum atomic E-state index is 0.0880. The molecule has 0 aromatic heterocycles. The summed E-state index contributed by atoms with van der Waals surface area (Å²) in [4.78, 5) is 17.5. The van der Waals surface area contributed by atoms with Crippen LogP contribution in [0, 0.1) is 13.8 Å². The van der Waals surface area contributed by atoms with E-state index in [0.717, 1.165) is 49.6 Å². The molecular formula is C27H29ClN2O2. The van der Waals surface area contributed by atoms with Crippen molar-refractivity contribution in [3.8, 4) is 5.75 Å². The highest BCUT2D eigenvalue weighted by molar-refractivity contribution is 6.30. The van der Waals surface area contributed by atoms with Gasteiger partial charge < -0.3 is 9.64 Å². The molecule has 4 rings (SSSR count). The maximum atomic E-state index is 13.1. The summed E-state index contributed by atoms with van der Waals surface area (Å²) < 4.78 is 5.95. The summed E-state index contributed by atoms with van der Waals surface area (Å²) in [5, 5.41) is 0.696. The Labute approximate surface area is 195 Å². The van der Waals surface area contributed by atoms with Gasteiger partial charge in [0, 0.05) is 43.3 Å². The van der Waals surface area contributed by atoms with Crippen molar-refractivity contribution >= 4 is 17.5 Å². The first-order valence-corrected chi connectivity index (χ1v) is 11.4. The van der Waals surface area contributed by atoms with E-state index in [2.05, 4.69) is 36.1 Å². The monoisotopic (exact) mass is 448 g/mol. The number of piperazine rings is 1. The van der Waals surface area contributed by atoms with E-state index in [1.54, 1.807) is 0 Å². The van der Waals surface area contributed by atoms with Crippen molar-refractivity contribution in [3.63, 3.8) is 0 Å². The van der Waals surface area contributed by atoms with Crippen LogP contribution in [0.4, 0.5) is 0 Å². The van der Waals surface area contributed by atoms with Gasteiger partial charge in [0.15, 0.2) is 0 Å². The van der Waals surface area contributed by atoms with Crippen LogP contribution in [0.1, 0.15) is 32.6 Å². The van der Waals surface area contributed by atoms with Crippen LogP contribution in [-0.2, 0) is 13.2 Å². The van der Waals surface area contributed by atoms with Gasteiger partial charge in [-0.05, 0) is 66.4 Å². The molecule has 4 nitrogen and oxygen atoms in total. The summed E-state index contributed by atoms with van der Waals surface area (Å²) in [6.45, 7) is 8.74. The Morgan fingerprint density at radius 2 is 1.69 bits per heavy atom. The molecule has 0 aliphatic carbocycles. The predicted octanol–water partition coefficient (Wildman–Crippen LogP) is 5.49. The Morgan fingerprint density at radius 3 is 2.44 bits per heavy atom. The summed E-state index contributed by atoms with van der Waals surface area (Å²) >= 11 is 6.02. The minimum absolute atomic E-state index is 0.0880. The first kappa shape index (κ1) is 22.4. The zero-order valence-corrected chi connectivity index (χ0v) is 19.4. The predicted molar refractivity (Wildman–Crippen MR) is 129 cm³/mol. The molecule has 5 heteroatoms. The van der Waals surface area contributed by atoms with Crippen molar-refractivity contribution in [3.05, 3.63) is 99.6 Å². The second-order valence-corrected chi connectivity index (χ2v) is 8.83. The van der Waals surface area contributed by atoms with Crippen LogP contribution < -0.4 is 4.74 Å². The highest BCUT2D eigenvalue weighted by Gasteiger charge is 2.22. The molecule has 0 atom stereocenters. The van der Waals surface area contributed by atoms with Crippen molar-refractivity contribution in [1.29, 1.82) is 0 Å². The topological polar surface area (TPSA) is 32.8 Å². The second kappa shape index (κ2) is 10.2. The molecule has 32 heavy (non-hydrogen) atoms. The summed E-state index contributed by atoms with van der Waals surface area (Å²) in [6, 6.07) is 21.8. The largest absolute Gasteiger partial charge is 0.489 e. The lowest BCUT2D eigenvalue weighted by atomic mass is 10.1. The molecule has 0 saturated carbocycles. The summed E-state index contributed by atoms with van der Waals surface area (Å²) in [5.41, 5.74) is 5.36. The third-order valence-corrected chi connectivity index (χ3v) is 6.26. The van der Waals surface area contributed by atoms with Crippen molar-refractivity contribution in [2.24, 2.45) is 0 Å². The maximum absolute atomic E-state index is 13.1. The normalized spacial score (nSPS) is 14.4. The number of nitrogens with zero attached hydrogens (tertiary/aromatic N) is 2. The van der Waals surface area contributed by atoms with Crippen molar-refractivity contribution in [1.82, 2.24) is 9.80 Å². The number of halogens is 1. The lowest BCUT2D eigenvalue weighted by Gasteiger charge is -2.35. The fourth-order valence-electron chi connectivity index (χ4n) is 4.05. The van der Waals surface area contributed by atoms with Gasteiger partial charge in [-0.3, -0.25) is 9.69 Å². The fourth-order valence-corrected chi connectivity index (χ4v) is 4.28. The van der Waals surface area contributed by atoms with Crippen LogP contribution in [-0.4, -0.2) is 41.9 Å². The molecule has 1 amide bonds. The molecule has 3 aromatic rings. The Morgan fingerprint density at radius 1 is 0.906 bits per heavy atom. The minimum Gasteiger partial charge on any atom is -0.489 e. The Kier molecular flexibility index (Phi) is 7.13. The van der Waals surface area contributed by atoms with E-state index >= 15 is 0 Å². The molecule has 1 fully saturated rings. The van der Waals surface area contributed by atoms with Gasteiger partial charge in [0.05, 0.1) is 0 Å². The van der Waals surface area contributed by atoms with Crippen LogP contribution >= 0.6 is 11.6 Å². The third kappa shape index (κ3) is 5.50. The van der Waals surface area contributed by atoms with Gasteiger partial charge in [-0.25, -0.2) is 0 Å². The standard InChI is InChI=1S/C27H29ClN2O2/c1-20-6-3-4-8-24(20)18-29-12-14-30(15-13-29)27(31)23-9-5-7-22(17-23)19-32-26-11-10-25(28)16-21(26)2/h3-11,16-17H,12-15,18-19H2,1-2H3. The molecule has 0 unspecified atom stereocenters. The van der Waals surface area contributed by atoms with Gasteiger partial charge >= 0.3 is 0 Å². The second-order valence-electron chi connectivity index (χ2n) is 8.39. The van der Waals surface area contributed by atoms with Crippen LogP contribution in [0.3, 0.4) is 0 Å². The zero-order chi connectivity index (χ0) is 22.5. The summed E-state index contributed by atoms with van der Waals surface area (Å²) in [6.07, 6.45) is 0. The highest BCUT2D eigenvalue weighted by atomic mass is 35.5. The highest BCUT2D eigenvalue weighted by Crippen LogP contribution is 2.23. The SMILES string of the molecule is Cc1ccccc1CN1CCN(C(=O)c2cccc(COc3ccc(Cl)cc3C)c2)CC1. The molecule has 0 N–H and O–H groups in total. The molecule has 0 bridgehead atoms. The number of hydrogen-bond donors (Lipinski definition) is 0. The molecule has 3 aromatic carbocycles. The molecule has 0 radical (unpaired) electrons. The van der Waals surface area contributed by atoms with Crippen LogP contribution in [0.5, 0.6) is 5.75 Å². The molecule has 1 aliphatic rings. The number of hydrogen-bond acceptors (Lipinski definition) is 3. The lowest BCUT2D eigenvalue weighted by molar-refractivity contribution is 0.0628. The Hall–Kier alpha value is -2.82. The van der Waals surface area contributed by atoms with Crippen molar-refractivity contribution < 1.29 is 9.53 Å². The maximum Gasteiger partial charge on any atom is 0.253 e. The number of rotatable bonds is 6. The van der Waals surface area contributed by atoms with Crippen LogP contribution in [0.2, 0.25) is 5.02 Å². The summed E-state index contributed by atoms with van der Waals surface area (Å²) in [7, 11) is 0. The van der Waals surface area contributed by atoms with E-state index < -0.39 is 0 Å². The molecule has 0 spiro atoms. The smallest absolute Gasteiger partial charge is 0.253 e. The van der Waals surface area contributed by atoms with Crippen molar-refractivity contribution in [2.45, 2.75) is 27.0 Å². The lowest BCUT2D eigenvalue weighted by Crippen LogP contribution is -2.48. The number of aryl methyl sites for hydroxylation is 2. The fraction of sp³-hybridized carbons (Fsp3) is 0.296. The van der Waals surface area contributed by atoms with E-state index in [4.69, 9.17) is 16.3 Å². The van der Waals surface area contributed by atoms with Crippen molar-refractivity contribution in [2.75, 3.05) is 26.2 Å². The molecule has 1 heterocycles. The summed E-state index contributed by atoms with van der Waals surface area (Å²) in [5.74, 6) is 0.890. The number of amides is 1. The quantitative estimate of drug-likeness (QED) is 0.499. The third-order valence-electron chi connectivity index (χ3n) is 6.02. The van der Waals surface area contributed by atoms with Gasteiger partial charge in [0.2, 0.25) is 0 Å². The number of benzene rings is 3.